The lowest BCUT2D eigenvalue weighted by Gasteiger charge is -1.98. The van der Waals surface area contributed by atoms with Crippen LogP contribution < -0.4 is 0 Å². The molecule has 0 aromatic carbocycles. The van der Waals surface area contributed by atoms with Crippen molar-refractivity contribution >= 4 is 11.5 Å². The molecule has 3 aromatic heterocycles. The topological polar surface area (TPSA) is 105 Å². The van der Waals surface area contributed by atoms with E-state index >= 15 is 0 Å². The third-order valence-corrected chi connectivity index (χ3v) is 3.32. The summed E-state index contributed by atoms with van der Waals surface area (Å²) in [5, 5.41) is 16.0. The Hall–Kier alpha value is -3.22. The minimum Gasteiger partial charge on any atom is -0.504 e. The van der Waals surface area contributed by atoms with Crippen LogP contribution in [-0.4, -0.2) is 31.1 Å². The summed E-state index contributed by atoms with van der Waals surface area (Å²) in [4.78, 5) is 19.9. The molecule has 0 bridgehead atoms. The van der Waals surface area contributed by atoms with Gasteiger partial charge in [-0.2, -0.15) is 5.10 Å². The third kappa shape index (κ3) is 3.34. The monoisotopic (exact) mass is 310 g/mol. The van der Waals surface area contributed by atoms with Crippen molar-refractivity contribution in [3.8, 4) is 0 Å². The van der Waals surface area contributed by atoms with Gasteiger partial charge in [-0.1, -0.05) is 0 Å². The zero-order valence-corrected chi connectivity index (χ0v) is 12.4. The molecule has 0 saturated heterocycles. The number of rotatable bonds is 5. The molecular weight excluding hydrogens is 296 g/mol. The molecule has 3 heterocycles. The largest absolute Gasteiger partial charge is 0.504 e. The van der Waals surface area contributed by atoms with E-state index in [9.17, 15) is 9.90 Å². The number of aliphatic hydroxyl groups is 1. The summed E-state index contributed by atoms with van der Waals surface area (Å²) in [6.45, 7) is 1.80. The number of carbonyl (C=O) groups excluding carboxylic acids is 1. The van der Waals surface area contributed by atoms with Crippen molar-refractivity contribution in [1.29, 1.82) is 0 Å². The van der Waals surface area contributed by atoms with Gasteiger partial charge in [-0.05, 0) is 36.2 Å². The molecule has 0 atom stereocenters. The van der Waals surface area contributed by atoms with Gasteiger partial charge in [0.25, 0.3) is 0 Å². The van der Waals surface area contributed by atoms with Crippen LogP contribution in [0, 0.1) is 6.92 Å². The Balaban J connectivity index is 1.80. The molecule has 0 spiro atoms. The van der Waals surface area contributed by atoms with Crippen LogP contribution in [-0.2, 0) is 6.42 Å². The van der Waals surface area contributed by atoms with Gasteiger partial charge in [0.05, 0.1) is 0 Å². The Morgan fingerprint density at radius 3 is 2.87 bits per heavy atom. The first-order valence-electron chi connectivity index (χ1n) is 6.93. The number of furan rings is 1. The molecule has 0 amide bonds. The minimum atomic E-state index is -0.448. The van der Waals surface area contributed by atoms with E-state index in [1.54, 1.807) is 25.4 Å². The van der Waals surface area contributed by atoms with Crippen molar-refractivity contribution in [2.45, 2.75) is 13.3 Å². The highest BCUT2D eigenvalue weighted by atomic mass is 16.3. The number of allylic oxidation sites excluding steroid dienone is 1. The number of carbonyl (C=O) groups is 1. The fraction of sp³-hybridized carbons (Fsp3) is 0.125. The maximum Gasteiger partial charge on any atom is 0.224 e. The Kier molecular flexibility index (Phi) is 4.01. The van der Waals surface area contributed by atoms with Crippen molar-refractivity contribution in [3.05, 3.63) is 71.5 Å². The van der Waals surface area contributed by atoms with E-state index in [1.807, 2.05) is 12.1 Å². The highest BCUT2D eigenvalue weighted by Gasteiger charge is 2.15. The summed E-state index contributed by atoms with van der Waals surface area (Å²) in [5.41, 5.74) is 1.98. The first-order valence-corrected chi connectivity index (χ1v) is 6.93. The first-order chi connectivity index (χ1) is 11.1. The van der Waals surface area contributed by atoms with E-state index in [4.69, 9.17) is 4.42 Å². The molecule has 0 fully saturated rings. The number of pyridine rings is 1. The number of aromatic amines is 1. The second-order valence-electron chi connectivity index (χ2n) is 4.94. The number of ketones is 1. The number of hydrogen-bond donors (Lipinski definition) is 2. The summed E-state index contributed by atoms with van der Waals surface area (Å²) in [6.07, 6.45) is 6.43. The predicted molar refractivity (Wildman–Crippen MR) is 81.8 cm³/mol. The Labute approximate surface area is 131 Å². The van der Waals surface area contributed by atoms with E-state index in [0.29, 0.717) is 12.2 Å². The smallest absolute Gasteiger partial charge is 0.224 e. The van der Waals surface area contributed by atoms with Gasteiger partial charge in [0.1, 0.15) is 12.1 Å². The van der Waals surface area contributed by atoms with Crippen LogP contribution in [0.2, 0.25) is 0 Å². The second-order valence-corrected chi connectivity index (χ2v) is 4.94. The van der Waals surface area contributed by atoms with Crippen LogP contribution >= 0.6 is 0 Å². The zero-order chi connectivity index (χ0) is 16.2. The Morgan fingerprint density at radius 2 is 2.17 bits per heavy atom. The third-order valence-electron chi connectivity index (χ3n) is 3.32. The van der Waals surface area contributed by atoms with Crippen LogP contribution in [0.3, 0.4) is 0 Å². The lowest BCUT2D eigenvalue weighted by molar-refractivity contribution is 0.102. The molecule has 23 heavy (non-hydrogen) atoms. The van der Waals surface area contributed by atoms with Crippen LogP contribution in [0.25, 0.3) is 5.76 Å². The molecule has 0 unspecified atom stereocenters. The van der Waals surface area contributed by atoms with Crippen LogP contribution in [0.1, 0.15) is 33.3 Å². The number of nitrogens with zero attached hydrogens (tertiary/aromatic N) is 3. The zero-order valence-electron chi connectivity index (χ0n) is 12.4. The Morgan fingerprint density at radius 1 is 1.39 bits per heavy atom. The molecule has 0 aliphatic heterocycles. The number of hydrogen-bond acceptors (Lipinski definition) is 6. The maximum absolute atomic E-state index is 12.2. The van der Waals surface area contributed by atoms with E-state index in [1.165, 1.54) is 6.33 Å². The standard InChI is InChI=1S/C16H14N4O3/c1-10-12(6-11-2-4-17-5-3-11)7-15(23-10)13(21)8-14(22)16-18-9-19-20-16/h2-5,7-9,22H,6H2,1H3,(H,18,19,20). The summed E-state index contributed by atoms with van der Waals surface area (Å²) in [6, 6.07) is 5.49. The van der Waals surface area contributed by atoms with Gasteiger partial charge in [0, 0.05) is 24.9 Å². The number of H-pyrrole nitrogens is 1. The lowest BCUT2D eigenvalue weighted by Crippen LogP contribution is -1.96. The normalized spacial score (nSPS) is 11.6. The van der Waals surface area contributed by atoms with Crippen LogP contribution in [0.15, 0.2) is 47.4 Å². The molecule has 116 valence electrons. The van der Waals surface area contributed by atoms with Crippen LogP contribution in [0.5, 0.6) is 0 Å². The fourth-order valence-electron chi connectivity index (χ4n) is 2.13. The van der Waals surface area contributed by atoms with Crippen molar-refractivity contribution < 1.29 is 14.3 Å². The molecule has 7 nitrogen and oxygen atoms in total. The molecule has 0 aliphatic rings. The van der Waals surface area contributed by atoms with E-state index in [-0.39, 0.29) is 17.3 Å². The van der Waals surface area contributed by atoms with Gasteiger partial charge in [-0.15, -0.1) is 0 Å². The number of aromatic nitrogens is 4. The molecule has 0 radical (unpaired) electrons. The summed E-state index contributed by atoms with van der Waals surface area (Å²) < 4.78 is 5.50. The van der Waals surface area contributed by atoms with E-state index in [0.717, 1.165) is 17.2 Å². The highest BCUT2D eigenvalue weighted by Crippen LogP contribution is 2.19. The van der Waals surface area contributed by atoms with Gasteiger partial charge in [0.15, 0.2) is 11.5 Å². The van der Waals surface area contributed by atoms with Gasteiger partial charge < -0.3 is 9.52 Å². The fourth-order valence-corrected chi connectivity index (χ4v) is 2.13. The molecule has 2 N–H and O–H groups in total. The van der Waals surface area contributed by atoms with Gasteiger partial charge in [-0.25, -0.2) is 4.98 Å². The number of nitrogens with one attached hydrogen (secondary N) is 1. The number of aryl methyl sites for hydroxylation is 1. The maximum atomic E-state index is 12.2. The van der Waals surface area contributed by atoms with Crippen LogP contribution in [0.4, 0.5) is 0 Å². The quantitative estimate of drug-likeness (QED) is 0.426. The molecule has 7 heteroatoms. The summed E-state index contributed by atoms with van der Waals surface area (Å²) in [5.74, 6) is 0.112. The SMILES string of the molecule is Cc1oc(C(=O)C=C(O)c2nc[nH]n2)cc1Cc1ccncc1. The van der Waals surface area contributed by atoms with E-state index < -0.39 is 5.78 Å². The molecular formula is C16H14N4O3. The molecule has 0 aliphatic carbocycles. The van der Waals surface area contributed by atoms with Crippen molar-refractivity contribution in [3.63, 3.8) is 0 Å². The Bertz CT molecular complexity index is 836. The van der Waals surface area contributed by atoms with Gasteiger partial charge >= 0.3 is 0 Å². The van der Waals surface area contributed by atoms with Crippen molar-refractivity contribution in [1.82, 2.24) is 20.2 Å². The van der Waals surface area contributed by atoms with Crippen molar-refractivity contribution in [2.24, 2.45) is 0 Å². The highest BCUT2D eigenvalue weighted by molar-refractivity contribution is 6.05. The minimum absolute atomic E-state index is 0.0543. The summed E-state index contributed by atoms with van der Waals surface area (Å²) in [7, 11) is 0. The first kappa shape index (κ1) is 14.7. The van der Waals surface area contributed by atoms with E-state index in [2.05, 4.69) is 20.2 Å². The van der Waals surface area contributed by atoms with Crippen molar-refractivity contribution in [2.75, 3.05) is 0 Å². The average molecular weight is 310 g/mol. The molecule has 3 rings (SSSR count). The van der Waals surface area contributed by atoms with Gasteiger partial charge in [-0.3, -0.25) is 14.9 Å². The predicted octanol–water partition coefficient (Wildman–Crippen LogP) is 2.47. The average Bonchev–Trinajstić information content (AvgIpc) is 3.19. The lowest BCUT2D eigenvalue weighted by atomic mass is 10.1. The molecule has 3 aromatic rings. The molecule has 0 saturated carbocycles. The summed E-state index contributed by atoms with van der Waals surface area (Å²) >= 11 is 0. The number of aliphatic hydroxyl groups excluding tert-OH is 1. The second kappa shape index (κ2) is 6.27. The van der Waals surface area contributed by atoms with Gasteiger partial charge in [0.2, 0.25) is 11.6 Å².